The van der Waals surface area contributed by atoms with E-state index in [1.807, 2.05) is 42.1 Å². The molecule has 5 rings (SSSR count). The molecule has 1 N–H and O–H groups in total. The zero-order valence-electron chi connectivity index (χ0n) is 16.8. The maximum absolute atomic E-state index is 5.27. The van der Waals surface area contributed by atoms with Crippen LogP contribution >= 0.6 is 0 Å². The molecule has 0 saturated heterocycles. The molecule has 0 saturated carbocycles. The van der Waals surface area contributed by atoms with E-state index in [2.05, 4.69) is 32.6 Å². The van der Waals surface area contributed by atoms with Crippen molar-refractivity contribution in [2.75, 3.05) is 12.4 Å². The van der Waals surface area contributed by atoms with Crippen molar-refractivity contribution in [3.8, 4) is 17.0 Å². The molecule has 1 unspecified atom stereocenters. The van der Waals surface area contributed by atoms with Gasteiger partial charge in [0.2, 0.25) is 5.65 Å². The Morgan fingerprint density at radius 3 is 2.79 bits per heavy atom. The maximum atomic E-state index is 5.27. The van der Waals surface area contributed by atoms with E-state index in [4.69, 9.17) is 4.74 Å². The van der Waals surface area contributed by atoms with Gasteiger partial charge < -0.3 is 10.1 Å². The fourth-order valence-corrected chi connectivity index (χ4v) is 4.26. The Hall–Kier alpha value is -3.42. The molecule has 0 bridgehead atoms. The van der Waals surface area contributed by atoms with E-state index >= 15 is 0 Å². The van der Waals surface area contributed by atoms with Gasteiger partial charge >= 0.3 is 0 Å². The van der Waals surface area contributed by atoms with Crippen LogP contribution in [0.15, 0.2) is 36.7 Å². The van der Waals surface area contributed by atoms with Crippen molar-refractivity contribution in [1.29, 1.82) is 0 Å². The molecule has 3 heterocycles. The van der Waals surface area contributed by atoms with Crippen molar-refractivity contribution in [2.45, 2.75) is 32.2 Å². The van der Waals surface area contributed by atoms with Crippen molar-refractivity contribution in [3.63, 3.8) is 0 Å². The predicted molar refractivity (Wildman–Crippen MR) is 110 cm³/mol. The zero-order valence-corrected chi connectivity index (χ0v) is 16.8. The normalized spacial score (nSPS) is 16.0. The van der Waals surface area contributed by atoms with Crippen LogP contribution in [-0.2, 0) is 13.5 Å². The Labute approximate surface area is 168 Å². The first kappa shape index (κ1) is 17.7. The van der Waals surface area contributed by atoms with Crippen LogP contribution in [0.4, 0.5) is 5.69 Å². The number of rotatable bonds is 4. The van der Waals surface area contributed by atoms with Gasteiger partial charge in [0.1, 0.15) is 12.1 Å². The molecule has 0 radical (unpaired) electrons. The second kappa shape index (κ2) is 6.88. The number of benzene rings is 1. The number of fused-ring (bicyclic) bond motifs is 2. The van der Waals surface area contributed by atoms with Crippen LogP contribution in [0, 0.1) is 6.92 Å². The topological polar surface area (TPSA) is 82.2 Å². The maximum Gasteiger partial charge on any atom is 0.200 e. The van der Waals surface area contributed by atoms with Crippen molar-refractivity contribution in [3.05, 3.63) is 53.6 Å². The van der Waals surface area contributed by atoms with Gasteiger partial charge in [0, 0.05) is 23.9 Å². The standard InChI is InChI=1S/C21H23N7O/c1-13-20-16(5-4-6-19(20)27(2)25-13)23-18-11-17(26-28-12-22-24-21(18)28)14-7-9-15(29-3)10-8-14/h7-12,16,23H,4-6H2,1-3H3. The minimum atomic E-state index is 0.194. The number of nitrogens with one attached hydrogen (secondary N) is 1. The molecule has 1 atom stereocenters. The molecule has 0 amide bonds. The highest BCUT2D eigenvalue weighted by atomic mass is 16.5. The second-order valence-electron chi connectivity index (χ2n) is 7.43. The molecule has 29 heavy (non-hydrogen) atoms. The molecule has 1 aliphatic carbocycles. The Morgan fingerprint density at radius 2 is 2.00 bits per heavy atom. The highest BCUT2D eigenvalue weighted by molar-refractivity contribution is 5.74. The number of aromatic nitrogens is 6. The monoisotopic (exact) mass is 389 g/mol. The third-order valence-electron chi connectivity index (χ3n) is 5.63. The molecule has 0 aliphatic heterocycles. The molecule has 1 aromatic carbocycles. The minimum absolute atomic E-state index is 0.194. The zero-order chi connectivity index (χ0) is 20.0. The number of hydrogen-bond donors (Lipinski definition) is 1. The van der Waals surface area contributed by atoms with E-state index in [1.165, 1.54) is 11.3 Å². The van der Waals surface area contributed by atoms with Gasteiger partial charge in [0.15, 0.2) is 0 Å². The number of anilines is 1. The van der Waals surface area contributed by atoms with Crippen LogP contribution < -0.4 is 10.1 Å². The molecule has 1 aliphatic rings. The molecular weight excluding hydrogens is 366 g/mol. The van der Waals surface area contributed by atoms with Crippen molar-refractivity contribution < 1.29 is 4.74 Å². The summed E-state index contributed by atoms with van der Waals surface area (Å²) in [7, 11) is 3.69. The van der Waals surface area contributed by atoms with Gasteiger partial charge in [-0.1, -0.05) is 0 Å². The van der Waals surface area contributed by atoms with Gasteiger partial charge in [-0.05, 0) is 56.5 Å². The number of nitrogens with zero attached hydrogens (tertiary/aromatic N) is 6. The quantitative estimate of drug-likeness (QED) is 0.577. The van der Waals surface area contributed by atoms with E-state index in [-0.39, 0.29) is 6.04 Å². The first-order chi connectivity index (χ1) is 14.1. The van der Waals surface area contributed by atoms with Gasteiger partial charge in [0.25, 0.3) is 0 Å². The lowest BCUT2D eigenvalue weighted by Crippen LogP contribution is -2.19. The van der Waals surface area contributed by atoms with Gasteiger partial charge in [-0.2, -0.15) is 14.7 Å². The van der Waals surface area contributed by atoms with Crippen LogP contribution in [0.1, 0.15) is 35.8 Å². The summed E-state index contributed by atoms with van der Waals surface area (Å²) in [6.07, 6.45) is 4.89. The van der Waals surface area contributed by atoms with E-state index < -0.39 is 0 Å². The molecule has 0 spiro atoms. The van der Waals surface area contributed by atoms with Crippen LogP contribution in [0.2, 0.25) is 0 Å². The molecule has 148 valence electrons. The average molecular weight is 389 g/mol. The molecule has 8 heteroatoms. The van der Waals surface area contributed by atoms with Crippen molar-refractivity contribution in [2.24, 2.45) is 7.05 Å². The summed E-state index contributed by atoms with van der Waals surface area (Å²) in [6.45, 7) is 2.08. The van der Waals surface area contributed by atoms with Crippen molar-refractivity contribution >= 4 is 11.3 Å². The van der Waals surface area contributed by atoms with Crippen LogP contribution in [-0.4, -0.2) is 36.7 Å². The summed E-state index contributed by atoms with van der Waals surface area (Å²) in [6, 6.07) is 10.1. The second-order valence-corrected chi connectivity index (χ2v) is 7.43. The van der Waals surface area contributed by atoms with Crippen molar-refractivity contribution in [1.82, 2.24) is 29.6 Å². The molecule has 8 nitrogen and oxygen atoms in total. The van der Waals surface area contributed by atoms with Gasteiger partial charge in [0.05, 0.1) is 30.2 Å². The first-order valence-electron chi connectivity index (χ1n) is 9.78. The summed E-state index contributed by atoms with van der Waals surface area (Å²) in [5.41, 5.74) is 7.20. The highest BCUT2D eigenvalue weighted by Gasteiger charge is 2.27. The molecular formula is C21H23N7O. The largest absolute Gasteiger partial charge is 0.497 e. The number of methoxy groups -OCH3 is 1. The van der Waals surface area contributed by atoms with Crippen LogP contribution in [0.3, 0.4) is 0 Å². The fraction of sp³-hybridized carbons (Fsp3) is 0.333. The minimum Gasteiger partial charge on any atom is -0.497 e. The van der Waals surface area contributed by atoms with Gasteiger partial charge in [-0.25, -0.2) is 0 Å². The summed E-state index contributed by atoms with van der Waals surface area (Å²) >= 11 is 0. The smallest absolute Gasteiger partial charge is 0.200 e. The average Bonchev–Trinajstić information content (AvgIpc) is 3.33. The van der Waals surface area contributed by atoms with E-state index in [1.54, 1.807) is 18.0 Å². The third-order valence-corrected chi connectivity index (χ3v) is 5.63. The van der Waals surface area contributed by atoms with Gasteiger partial charge in [-0.15, -0.1) is 10.2 Å². The Morgan fingerprint density at radius 1 is 1.17 bits per heavy atom. The Kier molecular flexibility index (Phi) is 4.19. The molecule has 0 fully saturated rings. The number of hydrogen-bond acceptors (Lipinski definition) is 6. The summed E-state index contributed by atoms with van der Waals surface area (Å²) in [5.74, 6) is 0.819. The lowest BCUT2D eigenvalue weighted by molar-refractivity contribution is 0.415. The molecule has 4 aromatic rings. The highest BCUT2D eigenvalue weighted by Crippen LogP contribution is 2.36. The third kappa shape index (κ3) is 3.00. The van der Waals surface area contributed by atoms with E-state index in [0.29, 0.717) is 0 Å². The summed E-state index contributed by atoms with van der Waals surface area (Å²) in [5, 5.41) is 21.4. The van der Waals surface area contributed by atoms with Crippen LogP contribution in [0.25, 0.3) is 16.9 Å². The first-order valence-corrected chi connectivity index (χ1v) is 9.78. The Balaban J connectivity index is 1.56. The van der Waals surface area contributed by atoms with Gasteiger partial charge in [-0.3, -0.25) is 4.68 Å². The lowest BCUT2D eigenvalue weighted by Gasteiger charge is -2.25. The predicted octanol–water partition coefficient (Wildman–Crippen LogP) is 3.33. The van der Waals surface area contributed by atoms with E-state index in [9.17, 15) is 0 Å². The van der Waals surface area contributed by atoms with E-state index in [0.717, 1.165) is 53.3 Å². The number of ether oxygens (including phenoxy) is 1. The SMILES string of the molecule is COc1ccc(-c2cc(NC3CCCc4c3c(C)nn4C)c3nncn3n2)cc1. The summed E-state index contributed by atoms with van der Waals surface area (Å²) in [4.78, 5) is 0. The fourth-order valence-electron chi connectivity index (χ4n) is 4.26. The number of aryl methyl sites for hydroxylation is 2. The lowest BCUT2D eigenvalue weighted by atomic mass is 9.91. The Bertz CT molecular complexity index is 1180. The van der Waals surface area contributed by atoms with Crippen LogP contribution in [0.5, 0.6) is 5.75 Å². The summed E-state index contributed by atoms with van der Waals surface area (Å²) < 4.78 is 9.01. The molecule has 3 aromatic heterocycles.